The quantitative estimate of drug-likeness (QED) is 0.867. The predicted octanol–water partition coefficient (Wildman–Crippen LogP) is 3.01. The molecule has 19 heavy (non-hydrogen) atoms. The van der Waals surface area contributed by atoms with Crippen LogP contribution in [-0.2, 0) is 0 Å². The topological polar surface area (TPSA) is 55.5 Å². The van der Waals surface area contributed by atoms with Crippen molar-refractivity contribution in [3.05, 3.63) is 42.0 Å². The molecule has 0 amide bonds. The molecule has 102 valence electrons. The van der Waals surface area contributed by atoms with Crippen molar-refractivity contribution in [1.82, 2.24) is 0 Å². The van der Waals surface area contributed by atoms with Gasteiger partial charge in [-0.3, -0.25) is 0 Å². The van der Waals surface area contributed by atoms with E-state index in [1.165, 1.54) is 0 Å². The Balaban J connectivity index is 2.61. The van der Waals surface area contributed by atoms with Gasteiger partial charge in [-0.2, -0.15) is 0 Å². The van der Waals surface area contributed by atoms with Crippen LogP contribution in [0.1, 0.15) is 31.9 Å². The number of nitrogens with two attached hydrogens (primary N) is 1. The molecule has 2 aromatic rings. The summed E-state index contributed by atoms with van der Waals surface area (Å²) in [6.07, 6.45) is 0.0562. The minimum atomic E-state index is -0.565. The summed E-state index contributed by atoms with van der Waals surface area (Å²) < 4.78 is 5.67. The first-order valence-electron chi connectivity index (χ1n) is 6.77. The van der Waals surface area contributed by atoms with Crippen molar-refractivity contribution in [1.29, 1.82) is 0 Å². The predicted molar refractivity (Wildman–Crippen MR) is 78.3 cm³/mol. The van der Waals surface area contributed by atoms with Gasteiger partial charge >= 0.3 is 0 Å². The van der Waals surface area contributed by atoms with E-state index in [0.29, 0.717) is 13.0 Å². The largest absolute Gasteiger partial charge is 0.494 e. The monoisotopic (exact) mass is 259 g/mol. The van der Waals surface area contributed by atoms with E-state index in [4.69, 9.17) is 10.5 Å². The highest BCUT2D eigenvalue weighted by molar-refractivity contribution is 5.88. The summed E-state index contributed by atoms with van der Waals surface area (Å²) >= 11 is 0. The number of aliphatic hydroxyl groups is 1. The SMILES string of the molecule is CCOc1ccc2ccccc2c1[C@H](N)[C@H](O)CC. The van der Waals surface area contributed by atoms with E-state index in [0.717, 1.165) is 22.1 Å². The maximum Gasteiger partial charge on any atom is 0.124 e. The Kier molecular flexibility index (Phi) is 4.40. The average molecular weight is 259 g/mol. The summed E-state index contributed by atoms with van der Waals surface area (Å²) in [5.41, 5.74) is 7.11. The van der Waals surface area contributed by atoms with Crippen molar-refractivity contribution in [3.8, 4) is 5.75 Å². The van der Waals surface area contributed by atoms with E-state index in [-0.39, 0.29) is 0 Å². The second kappa shape index (κ2) is 6.04. The minimum Gasteiger partial charge on any atom is -0.494 e. The van der Waals surface area contributed by atoms with E-state index < -0.39 is 12.1 Å². The molecule has 2 rings (SSSR count). The third kappa shape index (κ3) is 2.72. The highest BCUT2D eigenvalue weighted by Gasteiger charge is 2.21. The van der Waals surface area contributed by atoms with Crippen LogP contribution in [0, 0.1) is 0 Å². The lowest BCUT2D eigenvalue weighted by atomic mass is 9.94. The fourth-order valence-corrected chi connectivity index (χ4v) is 2.35. The number of benzene rings is 2. The number of rotatable bonds is 5. The molecule has 3 heteroatoms. The minimum absolute atomic E-state index is 0.433. The zero-order valence-corrected chi connectivity index (χ0v) is 11.5. The average Bonchev–Trinajstić information content (AvgIpc) is 2.45. The molecule has 0 unspecified atom stereocenters. The Morgan fingerprint density at radius 2 is 1.89 bits per heavy atom. The highest BCUT2D eigenvalue weighted by Crippen LogP contribution is 2.34. The molecular weight excluding hydrogens is 238 g/mol. The molecule has 2 atom stereocenters. The van der Waals surface area contributed by atoms with E-state index in [2.05, 4.69) is 0 Å². The summed E-state index contributed by atoms with van der Waals surface area (Å²) in [5, 5.41) is 12.2. The van der Waals surface area contributed by atoms with Gasteiger partial charge in [0, 0.05) is 5.56 Å². The first-order valence-corrected chi connectivity index (χ1v) is 6.77. The van der Waals surface area contributed by atoms with Crippen LogP contribution in [0.5, 0.6) is 5.75 Å². The second-order valence-electron chi connectivity index (χ2n) is 4.63. The van der Waals surface area contributed by atoms with Crippen LogP contribution in [0.2, 0.25) is 0 Å². The van der Waals surface area contributed by atoms with E-state index in [1.807, 2.05) is 50.2 Å². The van der Waals surface area contributed by atoms with Crippen LogP contribution in [0.4, 0.5) is 0 Å². The van der Waals surface area contributed by atoms with Gasteiger partial charge in [-0.05, 0) is 30.2 Å². The molecule has 0 spiro atoms. The Labute approximate surface area is 114 Å². The van der Waals surface area contributed by atoms with Gasteiger partial charge in [0.1, 0.15) is 5.75 Å². The van der Waals surface area contributed by atoms with Crippen LogP contribution < -0.4 is 10.5 Å². The van der Waals surface area contributed by atoms with Gasteiger partial charge in [-0.1, -0.05) is 37.3 Å². The number of hydrogen-bond donors (Lipinski definition) is 2. The lowest BCUT2D eigenvalue weighted by Gasteiger charge is -2.22. The van der Waals surface area contributed by atoms with E-state index in [9.17, 15) is 5.11 Å². The summed E-state index contributed by atoms with van der Waals surface area (Å²) in [5.74, 6) is 0.765. The first-order chi connectivity index (χ1) is 9.19. The van der Waals surface area contributed by atoms with Gasteiger partial charge < -0.3 is 15.6 Å². The molecule has 3 nitrogen and oxygen atoms in total. The van der Waals surface area contributed by atoms with Crippen molar-refractivity contribution in [2.45, 2.75) is 32.4 Å². The number of ether oxygens (including phenoxy) is 1. The Hall–Kier alpha value is -1.58. The van der Waals surface area contributed by atoms with Crippen molar-refractivity contribution in [3.63, 3.8) is 0 Å². The summed E-state index contributed by atoms with van der Waals surface area (Å²) in [6, 6.07) is 11.6. The molecule has 0 aliphatic carbocycles. The normalized spacial score (nSPS) is 14.3. The first kappa shape index (κ1) is 13.8. The molecule has 0 saturated carbocycles. The third-order valence-corrected chi connectivity index (χ3v) is 3.40. The molecule has 0 bridgehead atoms. The van der Waals surface area contributed by atoms with E-state index in [1.54, 1.807) is 0 Å². The van der Waals surface area contributed by atoms with Gasteiger partial charge in [0.2, 0.25) is 0 Å². The van der Waals surface area contributed by atoms with Crippen LogP contribution in [0.3, 0.4) is 0 Å². The molecule has 2 aromatic carbocycles. The molecule has 0 heterocycles. The van der Waals surface area contributed by atoms with Gasteiger partial charge in [0.05, 0.1) is 18.8 Å². The van der Waals surface area contributed by atoms with E-state index >= 15 is 0 Å². The van der Waals surface area contributed by atoms with Crippen LogP contribution in [0.15, 0.2) is 36.4 Å². The fourth-order valence-electron chi connectivity index (χ4n) is 2.35. The highest BCUT2D eigenvalue weighted by atomic mass is 16.5. The Bertz CT molecular complexity index is 553. The molecule has 0 aliphatic rings. The summed E-state index contributed by atoms with van der Waals surface area (Å²) in [6.45, 7) is 4.46. The van der Waals surface area contributed by atoms with Crippen molar-refractivity contribution in [2.24, 2.45) is 5.73 Å². The Morgan fingerprint density at radius 1 is 1.16 bits per heavy atom. The molecule has 0 radical (unpaired) electrons. The van der Waals surface area contributed by atoms with Crippen LogP contribution in [0.25, 0.3) is 10.8 Å². The zero-order valence-electron chi connectivity index (χ0n) is 11.5. The Morgan fingerprint density at radius 3 is 2.58 bits per heavy atom. The van der Waals surface area contributed by atoms with Crippen molar-refractivity contribution in [2.75, 3.05) is 6.61 Å². The number of hydrogen-bond acceptors (Lipinski definition) is 3. The molecule has 0 fully saturated rings. The van der Waals surface area contributed by atoms with Gasteiger partial charge in [0.15, 0.2) is 0 Å². The van der Waals surface area contributed by atoms with Crippen LogP contribution >= 0.6 is 0 Å². The fraction of sp³-hybridized carbons (Fsp3) is 0.375. The molecule has 0 aromatic heterocycles. The number of fused-ring (bicyclic) bond motifs is 1. The third-order valence-electron chi connectivity index (χ3n) is 3.40. The lowest BCUT2D eigenvalue weighted by Crippen LogP contribution is -2.26. The molecule has 3 N–H and O–H groups in total. The van der Waals surface area contributed by atoms with Crippen molar-refractivity contribution < 1.29 is 9.84 Å². The zero-order chi connectivity index (χ0) is 13.8. The van der Waals surface area contributed by atoms with Gasteiger partial charge in [-0.15, -0.1) is 0 Å². The summed E-state index contributed by atoms with van der Waals surface area (Å²) in [7, 11) is 0. The van der Waals surface area contributed by atoms with Crippen molar-refractivity contribution >= 4 is 10.8 Å². The maximum absolute atomic E-state index is 10.1. The number of aliphatic hydroxyl groups excluding tert-OH is 1. The summed E-state index contributed by atoms with van der Waals surface area (Å²) in [4.78, 5) is 0. The molecule has 0 saturated heterocycles. The smallest absolute Gasteiger partial charge is 0.124 e. The molecule has 0 aliphatic heterocycles. The standard InChI is InChI=1S/C16H21NO2/c1-3-13(18)16(17)15-12-8-6-5-7-11(12)9-10-14(15)19-4-2/h5-10,13,16,18H,3-4,17H2,1-2H3/t13-,16-/m1/s1. The molecular formula is C16H21NO2. The lowest BCUT2D eigenvalue weighted by molar-refractivity contribution is 0.139. The van der Waals surface area contributed by atoms with Crippen LogP contribution in [-0.4, -0.2) is 17.8 Å². The maximum atomic E-state index is 10.1. The van der Waals surface area contributed by atoms with Gasteiger partial charge in [-0.25, -0.2) is 0 Å². The second-order valence-corrected chi connectivity index (χ2v) is 4.63. The van der Waals surface area contributed by atoms with Gasteiger partial charge in [0.25, 0.3) is 0 Å².